The van der Waals surface area contributed by atoms with Gasteiger partial charge in [-0.1, -0.05) is 0 Å². The molecule has 0 aromatic carbocycles. The lowest BCUT2D eigenvalue weighted by Gasteiger charge is -2.21. The van der Waals surface area contributed by atoms with Crippen molar-refractivity contribution >= 4 is 5.97 Å². The van der Waals surface area contributed by atoms with Crippen LogP contribution >= 0.6 is 0 Å². The van der Waals surface area contributed by atoms with Crippen molar-refractivity contribution in [1.29, 1.82) is 0 Å². The van der Waals surface area contributed by atoms with E-state index >= 15 is 0 Å². The van der Waals surface area contributed by atoms with Gasteiger partial charge in [-0.15, -0.1) is 0 Å². The van der Waals surface area contributed by atoms with E-state index in [-0.39, 0.29) is 11.6 Å². The van der Waals surface area contributed by atoms with Gasteiger partial charge in [0.05, 0.1) is 6.08 Å². The summed E-state index contributed by atoms with van der Waals surface area (Å²) in [6.07, 6.45) is 3.07. The lowest BCUT2D eigenvalue weighted by Crippen LogP contribution is -2.18. The molecule has 13 heavy (non-hydrogen) atoms. The minimum absolute atomic E-state index is 0.311. The molecule has 0 aliphatic carbocycles. The van der Waals surface area contributed by atoms with Crippen molar-refractivity contribution in [3.05, 3.63) is 23.7 Å². The van der Waals surface area contributed by atoms with Crippen LogP contribution in [0.1, 0.15) is 27.7 Å². The highest BCUT2D eigenvalue weighted by Crippen LogP contribution is 2.25. The fraction of sp³-hybridized carbons (Fsp3) is 0.500. The van der Waals surface area contributed by atoms with Gasteiger partial charge >= 0.3 is 5.97 Å². The van der Waals surface area contributed by atoms with Crippen LogP contribution in [0.15, 0.2) is 23.7 Å². The summed E-state index contributed by atoms with van der Waals surface area (Å²) in [7, 11) is 0. The Labute approximate surface area is 78.0 Å². The summed E-state index contributed by atoms with van der Waals surface area (Å²) in [6, 6.07) is 0. The van der Waals surface area contributed by atoms with Gasteiger partial charge in [-0.05, 0) is 33.8 Å². The SMILES string of the molecule is CC=C1OC(=O)C=C1OC(C)(C)C. The molecule has 3 heteroatoms. The van der Waals surface area contributed by atoms with Gasteiger partial charge in [-0.25, -0.2) is 4.79 Å². The van der Waals surface area contributed by atoms with Crippen LogP contribution in [0.25, 0.3) is 0 Å². The molecule has 3 nitrogen and oxygen atoms in total. The number of hydrogen-bond donors (Lipinski definition) is 0. The van der Waals surface area contributed by atoms with Crippen molar-refractivity contribution in [2.45, 2.75) is 33.3 Å². The number of esters is 1. The minimum Gasteiger partial charge on any atom is -0.484 e. The topological polar surface area (TPSA) is 35.5 Å². The van der Waals surface area contributed by atoms with Crippen molar-refractivity contribution in [1.82, 2.24) is 0 Å². The van der Waals surface area contributed by atoms with Gasteiger partial charge in [-0.2, -0.15) is 0 Å². The lowest BCUT2D eigenvalue weighted by atomic mass is 10.2. The average molecular weight is 182 g/mol. The van der Waals surface area contributed by atoms with Crippen LogP contribution in [-0.4, -0.2) is 11.6 Å². The predicted molar refractivity (Wildman–Crippen MR) is 48.8 cm³/mol. The molecule has 0 saturated carbocycles. The molecule has 0 bridgehead atoms. The van der Waals surface area contributed by atoms with E-state index < -0.39 is 0 Å². The summed E-state index contributed by atoms with van der Waals surface area (Å²) in [5, 5.41) is 0. The Balaban J connectivity index is 2.80. The van der Waals surface area contributed by atoms with Crippen molar-refractivity contribution in [2.75, 3.05) is 0 Å². The Morgan fingerprint density at radius 2 is 2.08 bits per heavy atom. The molecule has 0 radical (unpaired) electrons. The first-order valence-electron chi connectivity index (χ1n) is 4.21. The second-order valence-electron chi connectivity index (χ2n) is 3.80. The molecule has 1 aliphatic rings. The Morgan fingerprint density at radius 3 is 2.54 bits per heavy atom. The standard InChI is InChI=1S/C10H14O3/c1-5-7-8(6-9(11)12-7)13-10(2,3)4/h5-6H,1-4H3. The van der Waals surface area contributed by atoms with Crippen LogP contribution in [0.3, 0.4) is 0 Å². The van der Waals surface area contributed by atoms with Crippen molar-refractivity contribution in [3.63, 3.8) is 0 Å². The molecular weight excluding hydrogens is 168 g/mol. The number of carbonyl (C=O) groups excluding carboxylic acids is 1. The predicted octanol–water partition coefficient (Wildman–Crippen LogP) is 2.15. The summed E-state index contributed by atoms with van der Waals surface area (Å²) >= 11 is 0. The molecular formula is C10H14O3. The van der Waals surface area contributed by atoms with E-state index in [1.54, 1.807) is 13.0 Å². The van der Waals surface area contributed by atoms with Gasteiger partial charge in [0.2, 0.25) is 0 Å². The Hall–Kier alpha value is -1.25. The van der Waals surface area contributed by atoms with E-state index in [0.717, 1.165) is 0 Å². The highest BCUT2D eigenvalue weighted by molar-refractivity contribution is 5.87. The summed E-state index contributed by atoms with van der Waals surface area (Å²) in [5.74, 6) is 0.646. The molecule has 0 spiro atoms. The molecule has 0 aromatic heterocycles. The van der Waals surface area contributed by atoms with Gasteiger partial charge in [0.25, 0.3) is 0 Å². The maximum Gasteiger partial charge on any atom is 0.340 e. The minimum atomic E-state index is -0.368. The van der Waals surface area contributed by atoms with E-state index in [0.29, 0.717) is 11.5 Å². The fourth-order valence-electron chi connectivity index (χ4n) is 0.977. The van der Waals surface area contributed by atoms with Crippen LogP contribution in [0.2, 0.25) is 0 Å². The number of rotatable bonds is 1. The smallest absolute Gasteiger partial charge is 0.340 e. The Bertz CT molecular complexity index is 279. The molecule has 0 saturated heterocycles. The van der Waals surface area contributed by atoms with Crippen molar-refractivity contribution in [2.24, 2.45) is 0 Å². The first-order valence-corrected chi connectivity index (χ1v) is 4.21. The van der Waals surface area contributed by atoms with Crippen LogP contribution < -0.4 is 0 Å². The lowest BCUT2D eigenvalue weighted by molar-refractivity contribution is -0.132. The highest BCUT2D eigenvalue weighted by atomic mass is 16.6. The third-order valence-corrected chi connectivity index (χ3v) is 1.38. The summed E-state index contributed by atoms with van der Waals surface area (Å²) in [5.41, 5.74) is -0.311. The summed E-state index contributed by atoms with van der Waals surface area (Å²) in [6.45, 7) is 7.56. The number of allylic oxidation sites excluding steroid dienone is 1. The van der Waals surface area contributed by atoms with E-state index in [2.05, 4.69) is 0 Å². The van der Waals surface area contributed by atoms with Crippen molar-refractivity contribution < 1.29 is 14.3 Å². The molecule has 1 aliphatic heterocycles. The van der Waals surface area contributed by atoms with Gasteiger partial charge in [0.15, 0.2) is 11.5 Å². The first-order chi connectivity index (χ1) is 5.92. The molecule has 0 N–H and O–H groups in total. The number of carbonyl (C=O) groups is 1. The zero-order chi connectivity index (χ0) is 10.1. The Morgan fingerprint density at radius 1 is 1.46 bits per heavy atom. The van der Waals surface area contributed by atoms with E-state index in [1.807, 2.05) is 20.8 Å². The maximum atomic E-state index is 10.9. The third kappa shape index (κ3) is 2.61. The maximum absolute atomic E-state index is 10.9. The quantitative estimate of drug-likeness (QED) is 0.583. The second kappa shape index (κ2) is 3.24. The van der Waals surface area contributed by atoms with Crippen LogP contribution in [0, 0.1) is 0 Å². The van der Waals surface area contributed by atoms with Gasteiger partial charge in [-0.3, -0.25) is 0 Å². The number of hydrogen-bond acceptors (Lipinski definition) is 3. The molecule has 0 aromatic rings. The van der Waals surface area contributed by atoms with Crippen molar-refractivity contribution in [3.8, 4) is 0 Å². The molecule has 1 rings (SSSR count). The van der Waals surface area contributed by atoms with E-state index in [4.69, 9.17) is 9.47 Å². The summed E-state index contributed by atoms with van der Waals surface area (Å²) < 4.78 is 10.4. The Kier molecular flexibility index (Phi) is 2.45. The first kappa shape index (κ1) is 9.84. The molecule has 0 fully saturated rings. The molecule has 72 valence electrons. The van der Waals surface area contributed by atoms with E-state index in [9.17, 15) is 4.79 Å². The zero-order valence-corrected chi connectivity index (χ0v) is 8.38. The molecule has 1 heterocycles. The summed E-state index contributed by atoms with van der Waals surface area (Å²) in [4.78, 5) is 10.9. The number of cyclic esters (lactones) is 1. The average Bonchev–Trinajstić information content (AvgIpc) is 2.27. The number of ether oxygens (including phenoxy) is 2. The van der Waals surface area contributed by atoms with Gasteiger partial charge in [0.1, 0.15) is 5.60 Å². The third-order valence-electron chi connectivity index (χ3n) is 1.38. The highest BCUT2D eigenvalue weighted by Gasteiger charge is 2.24. The molecule has 0 atom stereocenters. The monoisotopic (exact) mass is 182 g/mol. The van der Waals surface area contributed by atoms with Crippen LogP contribution in [-0.2, 0) is 14.3 Å². The second-order valence-corrected chi connectivity index (χ2v) is 3.80. The normalized spacial score (nSPS) is 20.2. The fourth-order valence-corrected chi connectivity index (χ4v) is 0.977. The van der Waals surface area contributed by atoms with Gasteiger partial charge < -0.3 is 9.47 Å². The zero-order valence-electron chi connectivity index (χ0n) is 8.38. The van der Waals surface area contributed by atoms with Crippen LogP contribution in [0.4, 0.5) is 0 Å². The van der Waals surface area contributed by atoms with Gasteiger partial charge in [0, 0.05) is 0 Å². The largest absolute Gasteiger partial charge is 0.484 e. The van der Waals surface area contributed by atoms with E-state index in [1.165, 1.54) is 6.08 Å². The van der Waals surface area contributed by atoms with Crippen LogP contribution in [0.5, 0.6) is 0 Å². The molecule has 0 unspecified atom stereocenters. The molecule has 0 amide bonds.